The summed E-state index contributed by atoms with van der Waals surface area (Å²) in [5.74, 6) is 0. The summed E-state index contributed by atoms with van der Waals surface area (Å²) in [5.41, 5.74) is 2.14. The molecule has 1 N–H and O–H groups in total. The second kappa shape index (κ2) is 4.07. The van der Waals surface area contributed by atoms with Crippen molar-refractivity contribution >= 4 is 0 Å². The van der Waals surface area contributed by atoms with Crippen LogP contribution in [-0.2, 0) is 6.61 Å². The van der Waals surface area contributed by atoms with Crippen molar-refractivity contribution in [1.82, 2.24) is 9.88 Å². The number of aliphatic hydroxyl groups excluding tert-OH is 1. The number of aromatic nitrogens is 1. The summed E-state index contributed by atoms with van der Waals surface area (Å²) >= 11 is 0. The van der Waals surface area contributed by atoms with E-state index in [1.54, 1.807) is 6.20 Å². The van der Waals surface area contributed by atoms with Crippen LogP contribution in [0.1, 0.15) is 30.0 Å². The number of aliphatic hydroxyl groups is 1. The van der Waals surface area contributed by atoms with Gasteiger partial charge >= 0.3 is 0 Å². The van der Waals surface area contributed by atoms with Crippen molar-refractivity contribution < 1.29 is 5.11 Å². The van der Waals surface area contributed by atoms with Crippen molar-refractivity contribution in [2.24, 2.45) is 0 Å². The van der Waals surface area contributed by atoms with Gasteiger partial charge in [-0.3, -0.25) is 9.88 Å². The Morgan fingerprint density at radius 2 is 2.43 bits per heavy atom. The summed E-state index contributed by atoms with van der Waals surface area (Å²) in [4.78, 5) is 6.49. The predicted molar refractivity (Wildman–Crippen MR) is 54.8 cm³/mol. The second-order valence-electron chi connectivity index (χ2n) is 3.92. The molecule has 0 radical (unpaired) electrons. The molecule has 3 heteroatoms. The Morgan fingerprint density at radius 1 is 1.57 bits per heavy atom. The molecule has 1 aromatic heterocycles. The van der Waals surface area contributed by atoms with Crippen LogP contribution in [0.5, 0.6) is 0 Å². The van der Waals surface area contributed by atoms with E-state index in [-0.39, 0.29) is 6.61 Å². The van der Waals surface area contributed by atoms with Crippen LogP contribution in [0.2, 0.25) is 0 Å². The maximum Gasteiger partial charge on any atom is 0.0696 e. The van der Waals surface area contributed by atoms with Gasteiger partial charge in [-0.25, -0.2) is 0 Å². The lowest BCUT2D eigenvalue weighted by Gasteiger charge is -2.19. The Balaban J connectivity index is 2.22. The van der Waals surface area contributed by atoms with Crippen molar-refractivity contribution in [3.05, 3.63) is 29.6 Å². The molecular weight excluding hydrogens is 176 g/mol. The minimum absolute atomic E-state index is 0.0806. The minimum Gasteiger partial charge on any atom is -0.392 e. The Labute approximate surface area is 84.4 Å². The molecule has 76 valence electrons. The number of rotatable bonds is 2. The zero-order chi connectivity index (χ0) is 9.97. The van der Waals surface area contributed by atoms with E-state index >= 15 is 0 Å². The third-order valence-corrected chi connectivity index (χ3v) is 2.90. The molecule has 0 aromatic carbocycles. The van der Waals surface area contributed by atoms with Crippen LogP contribution >= 0.6 is 0 Å². The Bertz CT molecular complexity index is 314. The van der Waals surface area contributed by atoms with Gasteiger partial charge in [-0.2, -0.15) is 0 Å². The van der Waals surface area contributed by atoms with Gasteiger partial charge in [0.1, 0.15) is 0 Å². The maximum absolute atomic E-state index is 9.02. The molecule has 1 saturated heterocycles. The molecule has 1 aromatic rings. The molecule has 1 fully saturated rings. The maximum atomic E-state index is 9.02. The number of hydrogen-bond donors (Lipinski definition) is 1. The fourth-order valence-corrected chi connectivity index (χ4v) is 2.11. The van der Waals surface area contributed by atoms with Gasteiger partial charge in [-0.15, -0.1) is 0 Å². The minimum atomic E-state index is 0.0806. The third kappa shape index (κ3) is 1.79. The number of likely N-dealkylation sites (tertiary alicyclic amines) is 1. The van der Waals surface area contributed by atoms with E-state index in [0.717, 1.165) is 12.1 Å². The summed E-state index contributed by atoms with van der Waals surface area (Å²) in [6, 6.07) is 2.55. The monoisotopic (exact) mass is 192 g/mol. The van der Waals surface area contributed by atoms with Gasteiger partial charge in [-0.05, 0) is 43.6 Å². The highest BCUT2D eigenvalue weighted by atomic mass is 16.3. The predicted octanol–water partition coefficient (Wildman–Crippen LogP) is 1.34. The van der Waals surface area contributed by atoms with E-state index in [4.69, 9.17) is 5.11 Å². The Hall–Kier alpha value is -0.930. The Morgan fingerprint density at radius 3 is 3.07 bits per heavy atom. The second-order valence-corrected chi connectivity index (χ2v) is 3.92. The summed E-state index contributed by atoms with van der Waals surface area (Å²) in [6.07, 6.45) is 6.08. The van der Waals surface area contributed by atoms with Crippen LogP contribution in [-0.4, -0.2) is 28.6 Å². The highest BCUT2D eigenvalue weighted by Crippen LogP contribution is 2.29. The van der Waals surface area contributed by atoms with Crippen LogP contribution in [0, 0.1) is 0 Å². The Kier molecular flexibility index (Phi) is 2.79. The summed E-state index contributed by atoms with van der Waals surface area (Å²) < 4.78 is 0. The SMILES string of the molecule is CN1CCCC1c1cncc(CO)c1. The normalized spacial score (nSPS) is 22.9. The van der Waals surface area contributed by atoms with E-state index in [1.807, 2.05) is 6.20 Å². The fourth-order valence-electron chi connectivity index (χ4n) is 2.11. The quantitative estimate of drug-likeness (QED) is 0.768. The lowest BCUT2D eigenvalue weighted by atomic mass is 10.1. The van der Waals surface area contributed by atoms with Crippen molar-refractivity contribution in [2.75, 3.05) is 13.6 Å². The van der Waals surface area contributed by atoms with Crippen LogP contribution in [0.15, 0.2) is 18.5 Å². The zero-order valence-electron chi connectivity index (χ0n) is 8.48. The summed E-state index contributed by atoms with van der Waals surface area (Å²) in [7, 11) is 2.14. The van der Waals surface area contributed by atoms with E-state index < -0.39 is 0 Å². The van der Waals surface area contributed by atoms with Crippen LogP contribution in [0.4, 0.5) is 0 Å². The highest BCUT2D eigenvalue weighted by molar-refractivity contribution is 5.21. The van der Waals surface area contributed by atoms with Crippen molar-refractivity contribution in [3.8, 4) is 0 Å². The van der Waals surface area contributed by atoms with Crippen molar-refractivity contribution in [2.45, 2.75) is 25.5 Å². The lowest BCUT2D eigenvalue weighted by molar-refractivity contribution is 0.280. The van der Waals surface area contributed by atoms with Crippen LogP contribution in [0.3, 0.4) is 0 Å². The molecule has 1 aliphatic rings. The topological polar surface area (TPSA) is 36.4 Å². The number of pyridine rings is 1. The summed E-state index contributed by atoms with van der Waals surface area (Å²) in [6.45, 7) is 1.24. The van der Waals surface area contributed by atoms with Crippen molar-refractivity contribution in [3.63, 3.8) is 0 Å². The van der Waals surface area contributed by atoms with Gasteiger partial charge in [0, 0.05) is 18.4 Å². The van der Waals surface area contributed by atoms with Crippen molar-refractivity contribution in [1.29, 1.82) is 0 Å². The van der Waals surface area contributed by atoms with Gasteiger partial charge in [0.15, 0.2) is 0 Å². The van der Waals surface area contributed by atoms with Gasteiger partial charge in [0.05, 0.1) is 6.61 Å². The first-order valence-electron chi connectivity index (χ1n) is 5.06. The first-order valence-corrected chi connectivity index (χ1v) is 5.06. The number of hydrogen-bond acceptors (Lipinski definition) is 3. The smallest absolute Gasteiger partial charge is 0.0696 e. The molecule has 1 aliphatic heterocycles. The molecular formula is C11H16N2O. The largest absolute Gasteiger partial charge is 0.392 e. The van der Waals surface area contributed by atoms with E-state index in [9.17, 15) is 0 Å². The zero-order valence-corrected chi connectivity index (χ0v) is 8.48. The molecule has 0 amide bonds. The van der Waals surface area contributed by atoms with E-state index in [1.165, 1.54) is 18.4 Å². The van der Waals surface area contributed by atoms with Gasteiger partial charge in [0.25, 0.3) is 0 Å². The molecule has 2 heterocycles. The molecule has 0 saturated carbocycles. The van der Waals surface area contributed by atoms with E-state index in [2.05, 4.69) is 23.0 Å². The molecule has 1 atom stereocenters. The first-order chi connectivity index (χ1) is 6.81. The molecule has 3 nitrogen and oxygen atoms in total. The van der Waals surface area contributed by atoms with Crippen LogP contribution < -0.4 is 0 Å². The third-order valence-electron chi connectivity index (χ3n) is 2.90. The lowest BCUT2D eigenvalue weighted by Crippen LogP contribution is -2.17. The van der Waals surface area contributed by atoms with Gasteiger partial charge in [-0.1, -0.05) is 0 Å². The standard InChI is InChI=1S/C11H16N2O/c1-13-4-2-3-11(13)10-5-9(8-14)6-12-7-10/h5-7,11,14H,2-4,8H2,1H3. The number of nitrogens with zero attached hydrogens (tertiary/aromatic N) is 2. The average Bonchev–Trinajstić information content (AvgIpc) is 2.65. The average molecular weight is 192 g/mol. The molecule has 1 unspecified atom stereocenters. The first kappa shape index (κ1) is 9.62. The van der Waals surface area contributed by atoms with Gasteiger partial charge in [0.2, 0.25) is 0 Å². The molecule has 0 bridgehead atoms. The summed E-state index contributed by atoms with van der Waals surface area (Å²) in [5, 5.41) is 9.02. The highest BCUT2D eigenvalue weighted by Gasteiger charge is 2.22. The fraction of sp³-hybridized carbons (Fsp3) is 0.545. The molecule has 0 spiro atoms. The van der Waals surface area contributed by atoms with E-state index in [0.29, 0.717) is 6.04 Å². The molecule has 0 aliphatic carbocycles. The molecule has 2 rings (SSSR count). The van der Waals surface area contributed by atoms with Crippen LogP contribution in [0.25, 0.3) is 0 Å². The van der Waals surface area contributed by atoms with Gasteiger partial charge < -0.3 is 5.11 Å². The molecule has 14 heavy (non-hydrogen) atoms.